The first kappa shape index (κ1) is 18.3. The van der Waals surface area contributed by atoms with Gasteiger partial charge in [-0.25, -0.2) is 4.79 Å². The molecule has 0 fully saturated rings. The summed E-state index contributed by atoms with van der Waals surface area (Å²) in [6.45, 7) is 5.87. The van der Waals surface area contributed by atoms with Gasteiger partial charge in [-0.15, -0.1) is 11.3 Å². The zero-order valence-electron chi connectivity index (χ0n) is 15.8. The minimum Gasteiger partial charge on any atom is -0.462 e. The second-order valence-electron chi connectivity index (χ2n) is 6.79. The molecule has 0 bridgehead atoms. The number of ether oxygens (including phenoxy) is 1. The van der Waals surface area contributed by atoms with Gasteiger partial charge in [0.25, 0.3) is 0 Å². The number of ketones is 2. The first-order valence-corrected chi connectivity index (χ1v) is 9.84. The number of thiophene rings is 1. The van der Waals surface area contributed by atoms with Crippen LogP contribution in [-0.4, -0.2) is 24.1 Å². The molecular weight excluding hydrogens is 372 g/mol. The van der Waals surface area contributed by atoms with Gasteiger partial charge in [-0.3, -0.25) is 9.59 Å². The van der Waals surface area contributed by atoms with E-state index in [4.69, 9.17) is 4.74 Å². The Morgan fingerprint density at radius 1 is 0.893 bits per heavy atom. The summed E-state index contributed by atoms with van der Waals surface area (Å²) in [5, 5.41) is 0. The zero-order chi connectivity index (χ0) is 20.0. The van der Waals surface area contributed by atoms with Gasteiger partial charge in [0, 0.05) is 20.9 Å². The lowest BCUT2D eigenvalue weighted by Gasteiger charge is -2.19. The summed E-state index contributed by atoms with van der Waals surface area (Å²) in [6, 6.07) is 12.8. The SMILES string of the molecule is CCOC(=O)c1cc(C)sc1-c1ccc2c(c1)C(=O)C(=O)c1cc(C)ccc1-2. The van der Waals surface area contributed by atoms with Gasteiger partial charge in [0.05, 0.1) is 12.2 Å². The van der Waals surface area contributed by atoms with Gasteiger partial charge in [-0.1, -0.05) is 29.8 Å². The molecule has 4 nitrogen and oxygen atoms in total. The highest BCUT2D eigenvalue weighted by molar-refractivity contribution is 7.15. The van der Waals surface area contributed by atoms with Crippen molar-refractivity contribution >= 4 is 28.9 Å². The molecular formula is C23H18O4S. The van der Waals surface area contributed by atoms with Crippen LogP contribution < -0.4 is 0 Å². The molecule has 1 aliphatic rings. The van der Waals surface area contributed by atoms with Crippen LogP contribution in [0.25, 0.3) is 21.6 Å². The first-order valence-electron chi connectivity index (χ1n) is 9.02. The van der Waals surface area contributed by atoms with Crippen LogP contribution in [0.5, 0.6) is 0 Å². The standard InChI is InChI=1S/C23H18O4S/c1-4-27-23(26)19-10-13(3)28-22(19)14-6-8-16-15-7-5-12(2)9-17(15)20(24)21(25)18(16)11-14/h5-11H,4H2,1-3H3. The molecule has 0 aliphatic heterocycles. The molecule has 0 amide bonds. The molecule has 0 radical (unpaired) electrons. The topological polar surface area (TPSA) is 60.4 Å². The smallest absolute Gasteiger partial charge is 0.339 e. The lowest BCUT2D eigenvalue weighted by atomic mass is 9.82. The molecule has 0 saturated heterocycles. The summed E-state index contributed by atoms with van der Waals surface area (Å²) in [4.78, 5) is 39.4. The Hall–Kier alpha value is -3.05. The maximum absolute atomic E-state index is 12.8. The predicted octanol–water partition coefficient (Wildman–Crippen LogP) is 5.25. The van der Waals surface area contributed by atoms with E-state index >= 15 is 0 Å². The van der Waals surface area contributed by atoms with Crippen molar-refractivity contribution in [2.75, 3.05) is 6.61 Å². The molecule has 3 aromatic rings. The lowest BCUT2D eigenvalue weighted by molar-refractivity contribution is 0.0527. The normalized spacial score (nSPS) is 12.5. The van der Waals surface area contributed by atoms with Crippen molar-refractivity contribution in [2.24, 2.45) is 0 Å². The Balaban J connectivity index is 1.88. The van der Waals surface area contributed by atoms with Gasteiger partial charge in [-0.2, -0.15) is 0 Å². The van der Waals surface area contributed by atoms with E-state index in [0.29, 0.717) is 23.3 Å². The van der Waals surface area contributed by atoms with Crippen LogP contribution in [0.3, 0.4) is 0 Å². The molecule has 0 spiro atoms. The Kier molecular flexibility index (Phi) is 4.47. The predicted molar refractivity (Wildman–Crippen MR) is 109 cm³/mol. The molecule has 0 unspecified atom stereocenters. The third kappa shape index (κ3) is 2.88. The van der Waals surface area contributed by atoms with Crippen LogP contribution in [-0.2, 0) is 4.74 Å². The molecule has 2 aromatic carbocycles. The first-order chi connectivity index (χ1) is 13.4. The Bertz CT molecular complexity index is 1150. The van der Waals surface area contributed by atoms with Crippen LogP contribution in [0.2, 0.25) is 0 Å². The van der Waals surface area contributed by atoms with Crippen molar-refractivity contribution in [3.8, 4) is 21.6 Å². The van der Waals surface area contributed by atoms with E-state index in [2.05, 4.69) is 0 Å². The van der Waals surface area contributed by atoms with E-state index < -0.39 is 11.6 Å². The van der Waals surface area contributed by atoms with Crippen molar-refractivity contribution in [3.63, 3.8) is 0 Å². The zero-order valence-corrected chi connectivity index (χ0v) is 16.6. The van der Waals surface area contributed by atoms with Crippen molar-refractivity contribution < 1.29 is 19.1 Å². The number of hydrogen-bond acceptors (Lipinski definition) is 5. The van der Waals surface area contributed by atoms with Crippen LogP contribution >= 0.6 is 11.3 Å². The Morgan fingerprint density at radius 2 is 1.54 bits per heavy atom. The molecule has 5 heteroatoms. The highest BCUT2D eigenvalue weighted by Gasteiger charge is 2.31. The molecule has 140 valence electrons. The second-order valence-corrected chi connectivity index (χ2v) is 8.04. The average molecular weight is 390 g/mol. The minimum atomic E-state index is -0.513. The number of Topliss-reactive ketones (excluding diaryl/α,β-unsaturated/α-hetero) is 2. The molecule has 0 atom stereocenters. The van der Waals surface area contributed by atoms with E-state index in [0.717, 1.165) is 32.0 Å². The molecule has 1 aliphatic carbocycles. The van der Waals surface area contributed by atoms with Gasteiger partial charge in [0.1, 0.15) is 0 Å². The fraction of sp³-hybridized carbons (Fsp3) is 0.174. The number of carbonyl (C=O) groups excluding carboxylic acids is 3. The van der Waals surface area contributed by atoms with Gasteiger partial charge in [-0.05, 0) is 55.7 Å². The monoisotopic (exact) mass is 390 g/mol. The van der Waals surface area contributed by atoms with E-state index in [9.17, 15) is 14.4 Å². The van der Waals surface area contributed by atoms with Crippen LogP contribution in [0.15, 0.2) is 42.5 Å². The van der Waals surface area contributed by atoms with Gasteiger partial charge in [0.2, 0.25) is 11.6 Å². The molecule has 1 aromatic heterocycles. The third-order valence-corrected chi connectivity index (χ3v) is 5.89. The van der Waals surface area contributed by atoms with Gasteiger partial charge in [0.15, 0.2) is 0 Å². The van der Waals surface area contributed by atoms with Gasteiger partial charge < -0.3 is 4.74 Å². The summed E-state index contributed by atoms with van der Waals surface area (Å²) in [7, 11) is 0. The summed E-state index contributed by atoms with van der Waals surface area (Å²) in [5.41, 5.74) is 4.49. The van der Waals surface area contributed by atoms with E-state index in [1.54, 1.807) is 25.1 Å². The number of hydrogen-bond donors (Lipinski definition) is 0. The molecule has 0 saturated carbocycles. The van der Waals surface area contributed by atoms with Crippen LogP contribution in [0.1, 0.15) is 48.4 Å². The fourth-order valence-electron chi connectivity index (χ4n) is 3.52. The molecule has 4 rings (SSSR count). The Morgan fingerprint density at radius 3 is 2.21 bits per heavy atom. The highest BCUT2D eigenvalue weighted by atomic mass is 32.1. The van der Waals surface area contributed by atoms with Crippen LogP contribution in [0, 0.1) is 13.8 Å². The number of benzene rings is 2. The quantitative estimate of drug-likeness (QED) is 0.452. The lowest BCUT2D eigenvalue weighted by Crippen LogP contribution is -2.21. The number of aryl methyl sites for hydroxylation is 2. The third-order valence-electron chi connectivity index (χ3n) is 4.79. The largest absolute Gasteiger partial charge is 0.462 e. The number of esters is 1. The average Bonchev–Trinajstić information content (AvgIpc) is 3.08. The van der Waals surface area contributed by atoms with E-state index in [1.165, 1.54) is 11.3 Å². The molecule has 28 heavy (non-hydrogen) atoms. The molecule has 0 N–H and O–H groups in total. The summed E-state index contributed by atoms with van der Waals surface area (Å²) in [6.07, 6.45) is 0. The minimum absolute atomic E-state index is 0.292. The number of carbonyl (C=O) groups is 3. The van der Waals surface area contributed by atoms with Crippen LogP contribution in [0.4, 0.5) is 0 Å². The molecule has 1 heterocycles. The van der Waals surface area contributed by atoms with E-state index in [1.807, 2.05) is 38.1 Å². The van der Waals surface area contributed by atoms with Crippen molar-refractivity contribution in [2.45, 2.75) is 20.8 Å². The summed E-state index contributed by atoms with van der Waals surface area (Å²) >= 11 is 1.46. The highest BCUT2D eigenvalue weighted by Crippen LogP contribution is 2.39. The number of fused-ring (bicyclic) bond motifs is 3. The maximum Gasteiger partial charge on any atom is 0.339 e. The van der Waals surface area contributed by atoms with E-state index in [-0.39, 0.29) is 5.97 Å². The summed E-state index contributed by atoms with van der Waals surface area (Å²) in [5.74, 6) is -1.39. The maximum atomic E-state index is 12.8. The second kappa shape index (κ2) is 6.84. The van der Waals surface area contributed by atoms with Crippen molar-refractivity contribution in [1.82, 2.24) is 0 Å². The summed E-state index contributed by atoms with van der Waals surface area (Å²) < 4.78 is 5.16. The Labute approximate surface area is 166 Å². The van der Waals surface area contributed by atoms with Crippen molar-refractivity contribution in [1.29, 1.82) is 0 Å². The van der Waals surface area contributed by atoms with Crippen molar-refractivity contribution in [3.05, 3.63) is 69.6 Å². The fourth-order valence-corrected chi connectivity index (χ4v) is 4.52. The van der Waals surface area contributed by atoms with Gasteiger partial charge >= 0.3 is 5.97 Å². The number of rotatable bonds is 3.